The zero-order valence-corrected chi connectivity index (χ0v) is 15.0. The summed E-state index contributed by atoms with van der Waals surface area (Å²) in [6, 6.07) is 14.4. The number of rotatable bonds is 2. The number of nitrogens with zero attached hydrogens (tertiary/aromatic N) is 2. The van der Waals surface area contributed by atoms with Gasteiger partial charge in [-0.1, -0.05) is 35.9 Å². The molecular weight excluding hydrogens is 360 g/mol. The van der Waals surface area contributed by atoms with Crippen molar-refractivity contribution in [1.29, 1.82) is 0 Å². The van der Waals surface area contributed by atoms with E-state index in [0.29, 0.717) is 40.2 Å². The number of para-hydroxylation sites is 1. The van der Waals surface area contributed by atoms with E-state index >= 15 is 0 Å². The minimum Gasteiger partial charge on any atom is -0.489 e. The van der Waals surface area contributed by atoms with Gasteiger partial charge >= 0.3 is 0 Å². The highest BCUT2D eigenvalue weighted by Gasteiger charge is 2.33. The summed E-state index contributed by atoms with van der Waals surface area (Å²) in [5.74, 6) is 1.24. The summed E-state index contributed by atoms with van der Waals surface area (Å²) < 4.78 is 34.4. The number of sulfonamides is 1. The minimum absolute atomic E-state index is 0.0602. The fraction of sp³-hybridized carbons (Fsp3) is 0.278. The molecule has 130 valence electrons. The summed E-state index contributed by atoms with van der Waals surface area (Å²) in [4.78, 5) is 2.31. The van der Waals surface area contributed by atoms with E-state index in [4.69, 9.17) is 16.3 Å². The van der Waals surface area contributed by atoms with Gasteiger partial charge in [0.15, 0.2) is 5.84 Å². The molecule has 0 radical (unpaired) electrons. The third-order valence-corrected chi connectivity index (χ3v) is 6.12. The predicted octanol–water partition coefficient (Wildman–Crippen LogP) is 3.33. The summed E-state index contributed by atoms with van der Waals surface area (Å²) in [7, 11) is -3.57. The molecule has 7 heteroatoms. The van der Waals surface area contributed by atoms with Crippen LogP contribution in [0.4, 0.5) is 0 Å². The van der Waals surface area contributed by atoms with E-state index in [1.807, 2.05) is 35.2 Å². The third-order valence-electron chi connectivity index (χ3n) is 4.48. The van der Waals surface area contributed by atoms with Crippen molar-refractivity contribution in [2.45, 2.75) is 23.8 Å². The summed E-state index contributed by atoms with van der Waals surface area (Å²) >= 11 is 6.14. The van der Waals surface area contributed by atoms with Crippen LogP contribution in [0, 0.1) is 0 Å². The van der Waals surface area contributed by atoms with Gasteiger partial charge in [-0.2, -0.15) is 8.42 Å². The van der Waals surface area contributed by atoms with Gasteiger partial charge in [0.2, 0.25) is 0 Å². The Labute approximate surface area is 151 Å². The molecule has 0 N–H and O–H groups in total. The van der Waals surface area contributed by atoms with Crippen LogP contribution in [-0.4, -0.2) is 38.3 Å². The van der Waals surface area contributed by atoms with Crippen molar-refractivity contribution in [3.05, 3.63) is 59.1 Å². The lowest BCUT2D eigenvalue weighted by Crippen LogP contribution is -2.41. The van der Waals surface area contributed by atoms with Crippen molar-refractivity contribution in [2.75, 3.05) is 13.1 Å². The first-order valence-electron chi connectivity index (χ1n) is 8.15. The molecule has 2 aromatic carbocycles. The van der Waals surface area contributed by atoms with E-state index in [1.54, 1.807) is 18.2 Å². The molecule has 0 amide bonds. The summed E-state index contributed by atoms with van der Waals surface area (Å²) in [5, 5.41) is 0.602. The molecule has 0 saturated carbocycles. The summed E-state index contributed by atoms with van der Waals surface area (Å²) in [6.07, 6.45) is 1.63. The van der Waals surface area contributed by atoms with Crippen molar-refractivity contribution >= 4 is 27.5 Å². The van der Waals surface area contributed by atoms with Crippen molar-refractivity contribution in [3.8, 4) is 5.75 Å². The van der Waals surface area contributed by atoms with Crippen LogP contribution in [0.3, 0.4) is 0 Å². The Morgan fingerprint density at radius 2 is 1.72 bits per heavy atom. The second-order valence-corrected chi connectivity index (χ2v) is 8.10. The number of piperidine rings is 1. The smallest absolute Gasteiger partial charge is 0.285 e. The second kappa shape index (κ2) is 6.35. The highest BCUT2D eigenvalue weighted by molar-refractivity contribution is 7.90. The Balaban J connectivity index is 1.47. The van der Waals surface area contributed by atoms with Gasteiger partial charge in [-0.05, 0) is 24.3 Å². The van der Waals surface area contributed by atoms with E-state index in [2.05, 4.69) is 4.40 Å². The number of ether oxygens (including phenoxy) is 1. The number of benzene rings is 2. The number of likely N-dealkylation sites (tertiary alicyclic amines) is 1. The molecule has 0 spiro atoms. The second-order valence-electron chi connectivity index (χ2n) is 6.12. The highest BCUT2D eigenvalue weighted by atomic mass is 35.5. The SMILES string of the molecule is O=S1(=O)N=C(N2CCC(Oc3ccccc3Cl)CC2)c2ccccc21. The van der Waals surface area contributed by atoms with Gasteiger partial charge in [-0.15, -0.1) is 4.40 Å². The normalized spacial score (nSPS) is 19.4. The Hall–Kier alpha value is -2.05. The van der Waals surface area contributed by atoms with Crippen LogP contribution in [0.5, 0.6) is 5.75 Å². The maximum Gasteiger partial charge on any atom is 0.285 e. The van der Waals surface area contributed by atoms with Gasteiger partial charge in [0, 0.05) is 31.5 Å². The molecule has 0 aliphatic carbocycles. The quantitative estimate of drug-likeness (QED) is 0.806. The van der Waals surface area contributed by atoms with E-state index in [-0.39, 0.29) is 6.10 Å². The first kappa shape index (κ1) is 16.4. The average Bonchev–Trinajstić information content (AvgIpc) is 2.90. The monoisotopic (exact) mass is 376 g/mol. The highest BCUT2D eigenvalue weighted by Crippen LogP contribution is 2.30. The zero-order chi connectivity index (χ0) is 17.4. The van der Waals surface area contributed by atoms with E-state index < -0.39 is 10.0 Å². The third kappa shape index (κ3) is 3.12. The maximum atomic E-state index is 12.2. The molecule has 4 rings (SSSR count). The van der Waals surface area contributed by atoms with Crippen molar-refractivity contribution in [2.24, 2.45) is 4.40 Å². The number of halogens is 1. The van der Waals surface area contributed by atoms with Crippen LogP contribution in [0.15, 0.2) is 57.8 Å². The molecular formula is C18H17ClN2O3S. The van der Waals surface area contributed by atoms with Crippen LogP contribution in [0.1, 0.15) is 18.4 Å². The molecule has 2 aromatic rings. The number of amidine groups is 1. The standard InChI is InChI=1S/C18H17ClN2O3S/c19-15-6-2-3-7-16(15)24-13-9-11-21(12-10-13)18-14-5-1-4-8-17(14)25(22,23)20-18/h1-8,13H,9-12H2. The lowest BCUT2D eigenvalue weighted by molar-refractivity contribution is 0.131. The zero-order valence-electron chi connectivity index (χ0n) is 13.4. The Morgan fingerprint density at radius 3 is 2.48 bits per heavy atom. The fourth-order valence-corrected chi connectivity index (χ4v) is 4.63. The Bertz CT molecular complexity index is 935. The lowest BCUT2D eigenvalue weighted by atomic mass is 10.1. The van der Waals surface area contributed by atoms with Gasteiger partial charge in [-0.25, -0.2) is 0 Å². The fourth-order valence-electron chi connectivity index (χ4n) is 3.22. The van der Waals surface area contributed by atoms with Gasteiger partial charge in [0.25, 0.3) is 10.0 Å². The molecule has 1 saturated heterocycles. The van der Waals surface area contributed by atoms with Crippen molar-refractivity contribution < 1.29 is 13.2 Å². The van der Waals surface area contributed by atoms with Gasteiger partial charge in [0.1, 0.15) is 16.7 Å². The largest absolute Gasteiger partial charge is 0.489 e. The van der Waals surface area contributed by atoms with Crippen LogP contribution in [0.2, 0.25) is 5.02 Å². The average molecular weight is 377 g/mol. The first-order chi connectivity index (χ1) is 12.0. The van der Waals surface area contributed by atoms with E-state index in [1.165, 1.54) is 0 Å². The van der Waals surface area contributed by atoms with Crippen LogP contribution < -0.4 is 4.74 Å². The molecule has 1 fully saturated rings. The van der Waals surface area contributed by atoms with Crippen LogP contribution in [0.25, 0.3) is 0 Å². The maximum absolute atomic E-state index is 12.2. The predicted molar refractivity (Wildman–Crippen MR) is 96.8 cm³/mol. The van der Waals surface area contributed by atoms with E-state index in [0.717, 1.165) is 12.8 Å². The van der Waals surface area contributed by atoms with Crippen molar-refractivity contribution in [3.63, 3.8) is 0 Å². The molecule has 0 atom stereocenters. The Kier molecular flexibility index (Phi) is 4.17. The van der Waals surface area contributed by atoms with Gasteiger partial charge in [0.05, 0.1) is 5.02 Å². The first-order valence-corrected chi connectivity index (χ1v) is 9.97. The van der Waals surface area contributed by atoms with Crippen LogP contribution in [-0.2, 0) is 10.0 Å². The number of hydrogen-bond donors (Lipinski definition) is 0. The molecule has 2 aliphatic rings. The lowest BCUT2D eigenvalue weighted by Gasteiger charge is -2.33. The van der Waals surface area contributed by atoms with Crippen molar-refractivity contribution in [1.82, 2.24) is 4.90 Å². The molecule has 5 nitrogen and oxygen atoms in total. The Morgan fingerprint density at radius 1 is 1.04 bits per heavy atom. The topological polar surface area (TPSA) is 59.0 Å². The van der Waals surface area contributed by atoms with Gasteiger partial charge < -0.3 is 9.64 Å². The molecule has 25 heavy (non-hydrogen) atoms. The van der Waals surface area contributed by atoms with Gasteiger partial charge in [-0.3, -0.25) is 0 Å². The minimum atomic E-state index is -3.57. The molecule has 0 bridgehead atoms. The molecule has 0 aromatic heterocycles. The molecule has 2 heterocycles. The molecule has 2 aliphatic heterocycles. The number of fused-ring (bicyclic) bond motifs is 1. The molecule has 0 unspecified atom stereocenters. The summed E-state index contributed by atoms with van der Waals surface area (Å²) in [6.45, 7) is 1.38. The van der Waals surface area contributed by atoms with E-state index in [9.17, 15) is 8.42 Å². The number of hydrogen-bond acceptors (Lipinski definition) is 4. The summed E-state index contributed by atoms with van der Waals surface area (Å²) in [5.41, 5.74) is 0.688. The van der Waals surface area contributed by atoms with Crippen LogP contribution >= 0.6 is 11.6 Å².